The second-order valence-corrected chi connectivity index (χ2v) is 7.49. The molecule has 1 aliphatic heterocycles. The fraction of sp³-hybridized carbons (Fsp3) is 0.474. The maximum atomic E-state index is 12.8. The number of hydrogen-bond acceptors (Lipinski definition) is 3. The number of piperidine rings is 1. The summed E-state index contributed by atoms with van der Waals surface area (Å²) in [5.41, 5.74) is -0.866. The molecule has 1 amide bonds. The summed E-state index contributed by atoms with van der Waals surface area (Å²) in [7, 11) is 0. The summed E-state index contributed by atoms with van der Waals surface area (Å²) in [6.07, 6.45) is 1.17. The molecule has 2 heterocycles. The molecule has 1 fully saturated rings. The van der Waals surface area contributed by atoms with Crippen LogP contribution in [0, 0.1) is 12.8 Å². The Labute approximate surface area is 166 Å². The number of nitrogens with zero attached hydrogens (tertiary/aromatic N) is 3. The Morgan fingerprint density at radius 2 is 2.04 bits per heavy atom. The van der Waals surface area contributed by atoms with Crippen LogP contribution in [0.15, 0.2) is 30.6 Å². The number of hydrogen-bond donors (Lipinski definition) is 1. The van der Waals surface area contributed by atoms with Crippen molar-refractivity contribution in [2.75, 3.05) is 25.0 Å². The van der Waals surface area contributed by atoms with Crippen molar-refractivity contribution in [1.29, 1.82) is 0 Å². The van der Waals surface area contributed by atoms with E-state index in [4.69, 9.17) is 11.6 Å². The standard InChI is InChI=1S/C19H22ClF3N4O/c1-13-24-6-9-27(13)11-14-4-7-26(8-5-14)12-18(28)25-17-10-15(19(21,22)23)2-3-16(17)20/h2-3,6,9-10,14H,4-5,7-8,11-12H2,1H3,(H,25,28). The van der Waals surface area contributed by atoms with Crippen molar-refractivity contribution in [2.24, 2.45) is 5.92 Å². The Morgan fingerprint density at radius 1 is 1.32 bits per heavy atom. The van der Waals surface area contributed by atoms with Gasteiger partial charge < -0.3 is 9.88 Å². The van der Waals surface area contributed by atoms with Crippen molar-refractivity contribution in [3.8, 4) is 0 Å². The van der Waals surface area contributed by atoms with Gasteiger partial charge in [0, 0.05) is 18.9 Å². The van der Waals surface area contributed by atoms with E-state index in [-0.39, 0.29) is 23.2 Å². The Morgan fingerprint density at radius 3 is 2.64 bits per heavy atom. The highest BCUT2D eigenvalue weighted by atomic mass is 35.5. The van der Waals surface area contributed by atoms with Gasteiger partial charge >= 0.3 is 6.18 Å². The molecule has 1 aliphatic rings. The number of alkyl halides is 3. The highest BCUT2D eigenvalue weighted by Gasteiger charge is 2.31. The van der Waals surface area contributed by atoms with Crippen LogP contribution in [0.3, 0.4) is 0 Å². The first-order valence-corrected chi connectivity index (χ1v) is 9.47. The Bertz CT molecular complexity index is 829. The lowest BCUT2D eigenvalue weighted by atomic mass is 9.96. The van der Waals surface area contributed by atoms with Gasteiger partial charge in [0.2, 0.25) is 5.91 Å². The number of imidazole rings is 1. The molecule has 0 atom stereocenters. The molecule has 9 heteroatoms. The molecule has 0 saturated carbocycles. The fourth-order valence-electron chi connectivity index (χ4n) is 3.39. The van der Waals surface area contributed by atoms with Crippen LogP contribution >= 0.6 is 11.6 Å². The Kier molecular flexibility index (Phi) is 6.30. The van der Waals surface area contributed by atoms with E-state index in [2.05, 4.69) is 14.9 Å². The third-order valence-electron chi connectivity index (χ3n) is 5.02. The van der Waals surface area contributed by atoms with Crippen LogP contribution in [-0.2, 0) is 17.5 Å². The number of carbonyl (C=O) groups excluding carboxylic acids is 1. The SMILES string of the molecule is Cc1nccn1CC1CCN(CC(=O)Nc2cc(C(F)(F)F)ccc2Cl)CC1. The Balaban J connectivity index is 1.50. The molecule has 0 spiro atoms. The van der Waals surface area contributed by atoms with Crippen LogP contribution in [0.25, 0.3) is 0 Å². The predicted molar refractivity (Wildman–Crippen MR) is 101 cm³/mol. The molecule has 5 nitrogen and oxygen atoms in total. The summed E-state index contributed by atoms with van der Waals surface area (Å²) in [6.45, 7) is 4.54. The maximum Gasteiger partial charge on any atom is 0.416 e. The monoisotopic (exact) mass is 414 g/mol. The number of likely N-dealkylation sites (tertiary alicyclic amines) is 1. The number of amides is 1. The van der Waals surface area contributed by atoms with E-state index in [9.17, 15) is 18.0 Å². The van der Waals surface area contributed by atoms with Gasteiger partial charge in [0.05, 0.1) is 22.8 Å². The molecular formula is C19H22ClF3N4O. The quantitative estimate of drug-likeness (QED) is 0.797. The van der Waals surface area contributed by atoms with Gasteiger partial charge in [-0.1, -0.05) is 11.6 Å². The van der Waals surface area contributed by atoms with E-state index >= 15 is 0 Å². The first-order valence-electron chi connectivity index (χ1n) is 9.09. The third-order valence-corrected chi connectivity index (χ3v) is 5.35. The molecule has 1 aromatic carbocycles. The molecule has 1 N–H and O–H groups in total. The van der Waals surface area contributed by atoms with Crippen LogP contribution in [0.1, 0.15) is 24.2 Å². The van der Waals surface area contributed by atoms with Gasteiger partial charge in [-0.3, -0.25) is 9.69 Å². The molecule has 0 aliphatic carbocycles. The van der Waals surface area contributed by atoms with Gasteiger partial charge in [-0.25, -0.2) is 4.98 Å². The number of rotatable bonds is 5. The van der Waals surface area contributed by atoms with E-state index in [1.54, 1.807) is 6.20 Å². The molecule has 2 aromatic rings. The molecule has 1 aromatic heterocycles. The van der Waals surface area contributed by atoms with Gasteiger partial charge in [0.15, 0.2) is 0 Å². The molecular weight excluding hydrogens is 393 g/mol. The van der Waals surface area contributed by atoms with Crippen LogP contribution in [0.4, 0.5) is 18.9 Å². The molecule has 152 valence electrons. The van der Waals surface area contributed by atoms with Crippen LogP contribution in [0.5, 0.6) is 0 Å². The van der Waals surface area contributed by atoms with E-state index in [0.29, 0.717) is 5.92 Å². The maximum absolute atomic E-state index is 12.8. The van der Waals surface area contributed by atoms with Crippen molar-refractivity contribution < 1.29 is 18.0 Å². The second-order valence-electron chi connectivity index (χ2n) is 7.09. The van der Waals surface area contributed by atoms with E-state index in [0.717, 1.165) is 56.5 Å². The number of aryl methyl sites for hydroxylation is 1. The van der Waals surface area contributed by atoms with Gasteiger partial charge in [-0.15, -0.1) is 0 Å². The highest BCUT2D eigenvalue weighted by Crippen LogP contribution is 2.33. The molecule has 3 rings (SSSR count). The lowest BCUT2D eigenvalue weighted by molar-refractivity contribution is -0.137. The van der Waals surface area contributed by atoms with Crippen LogP contribution in [-0.4, -0.2) is 40.0 Å². The van der Waals surface area contributed by atoms with Gasteiger partial charge in [-0.2, -0.15) is 13.2 Å². The van der Waals surface area contributed by atoms with Crippen molar-refractivity contribution in [3.05, 3.63) is 47.0 Å². The predicted octanol–water partition coefficient (Wildman–Crippen LogP) is 4.21. The van der Waals surface area contributed by atoms with Crippen molar-refractivity contribution >= 4 is 23.2 Å². The lowest BCUT2D eigenvalue weighted by Gasteiger charge is -2.31. The normalized spacial score (nSPS) is 16.3. The number of carbonyl (C=O) groups is 1. The number of benzene rings is 1. The minimum atomic E-state index is -4.49. The van der Waals surface area contributed by atoms with Crippen molar-refractivity contribution in [3.63, 3.8) is 0 Å². The minimum Gasteiger partial charge on any atom is -0.335 e. The van der Waals surface area contributed by atoms with Crippen molar-refractivity contribution in [2.45, 2.75) is 32.5 Å². The third kappa shape index (κ3) is 5.26. The smallest absolute Gasteiger partial charge is 0.335 e. The summed E-state index contributed by atoms with van der Waals surface area (Å²) >= 11 is 5.93. The number of nitrogens with one attached hydrogen (secondary N) is 1. The van der Waals surface area contributed by atoms with Gasteiger partial charge in [-0.05, 0) is 57.0 Å². The average Bonchev–Trinajstić information content (AvgIpc) is 3.02. The molecule has 0 bridgehead atoms. The molecule has 28 heavy (non-hydrogen) atoms. The van der Waals surface area contributed by atoms with Crippen LogP contribution in [0.2, 0.25) is 5.02 Å². The molecule has 1 saturated heterocycles. The molecule has 0 unspecified atom stereocenters. The summed E-state index contributed by atoms with van der Waals surface area (Å²) in [4.78, 5) is 18.5. The Hall–Kier alpha value is -2.06. The first kappa shape index (κ1) is 20.7. The highest BCUT2D eigenvalue weighted by molar-refractivity contribution is 6.33. The summed E-state index contributed by atoms with van der Waals surface area (Å²) in [6, 6.07) is 2.90. The number of anilines is 1. The summed E-state index contributed by atoms with van der Waals surface area (Å²) in [5.74, 6) is 1.13. The number of aromatic nitrogens is 2. The average molecular weight is 415 g/mol. The lowest BCUT2D eigenvalue weighted by Crippen LogP contribution is -2.40. The topological polar surface area (TPSA) is 50.2 Å². The summed E-state index contributed by atoms with van der Waals surface area (Å²) < 4.78 is 40.6. The van der Waals surface area contributed by atoms with E-state index in [1.807, 2.05) is 18.0 Å². The van der Waals surface area contributed by atoms with E-state index < -0.39 is 11.7 Å². The van der Waals surface area contributed by atoms with E-state index in [1.165, 1.54) is 0 Å². The molecule has 0 radical (unpaired) electrons. The zero-order chi connectivity index (χ0) is 20.3. The zero-order valence-electron chi connectivity index (χ0n) is 15.5. The number of halogens is 4. The second kappa shape index (κ2) is 8.53. The first-order chi connectivity index (χ1) is 13.2. The zero-order valence-corrected chi connectivity index (χ0v) is 16.2. The van der Waals surface area contributed by atoms with Crippen molar-refractivity contribution in [1.82, 2.24) is 14.5 Å². The van der Waals surface area contributed by atoms with Crippen LogP contribution < -0.4 is 5.32 Å². The summed E-state index contributed by atoms with van der Waals surface area (Å²) in [5, 5.41) is 2.58. The minimum absolute atomic E-state index is 0.0213. The largest absolute Gasteiger partial charge is 0.416 e. The van der Waals surface area contributed by atoms with Gasteiger partial charge in [0.1, 0.15) is 5.82 Å². The fourth-order valence-corrected chi connectivity index (χ4v) is 3.56. The van der Waals surface area contributed by atoms with Gasteiger partial charge in [0.25, 0.3) is 0 Å².